The van der Waals surface area contributed by atoms with E-state index in [1.165, 1.54) is 21.9 Å². The van der Waals surface area contributed by atoms with Crippen molar-refractivity contribution in [1.82, 2.24) is 24.1 Å². The first-order valence-electron chi connectivity index (χ1n) is 23.0. The lowest BCUT2D eigenvalue weighted by molar-refractivity contribution is 1.06. The molecule has 0 saturated carbocycles. The second-order valence-corrected chi connectivity index (χ2v) is 17.2. The molecular formula is C63H41N5. The zero-order chi connectivity index (χ0) is 45.0. The Morgan fingerprint density at radius 1 is 0.221 bits per heavy atom. The molecule has 318 valence electrons. The fourth-order valence-corrected chi connectivity index (χ4v) is 10.0. The Bertz CT molecular complexity index is 4010. The lowest BCUT2D eigenvalue weighted by atomic mass is 9.99. The van der Waals surface area contributed by atoms with Crippen LogP contribution in [0.5, 0.6) is 0 Å². The van der Waals surface area contributed by atoms with Gasteiger partial charge in [-0.1, -0.05) is 200 Å². The molecule has 0 unspecified atom stereocenters. The molecule has 0 N–H and O–H groups in total. The predicted octanol–water partition coefficient (Wildman–Crippen LogP) is 16.1. The van der Waals surface area contributed by atoms with Crippen molar-refractivity contribution in [3.05, 3.63) is 249 Å². The normalized spacial score (nSPS) is 11.5. The third kappa shape index (κ3) is 6.68. The Kier molecular flexibility index (Phi) is 9.43. The molecule has 5 heteroatoms. The van der Waals surface area contributed by atoms with Gasteiger partial charge in [0.2, 0.25) is 0 Å². The number of aromatic nitrogens is 5. The summed E-state index contributed by atoms with van der Waals surface area (Å²) in [5, 5.41) is 4.73. The van der Waals surface area contributed by atoms with Gasteiger partial charge < -0.3 is 9.13 Å². The first-order valence-corrected chi connectivity index (χ1v) is 23.0. The smallest absolute Gasteiger partial charge is 0.166 e. The van der Waals surface area contributed by atoms with Gasteiger partial charge in [-0.05, 0) is 76.3 Å². The molecule has 10 aromatic carbocycles. The van der Waals surface area contributed by atoms with Crippen molar-refractivity contribution in [2.45, 2.75) is 0 Å². The van der Waals surface area contributed by atoms with Crippen LogP contribution in [0.2, 0.25) is 0 Å². The van der Waals surface area contributed by atoms with Crippen LogP contribution in [0.4, 0.5) is 0 Å². The number of para-hydroxylation sites is 3. The average Bonchev–Trinajstić information content (AvgIpc) is 3.93. The molecule has 0 aliphatic carbocycles. The van der Waals surface area contributed by atoms with Crippen molar-refractivity contribution in [1.29, 1.82) is 0 Å². The summed E-state index contributed by atoms with van der Waals surface area (Å²) in [5.74, 6) is 1.82. The minimum atomic E-state index is 0.595. The highest BCUT2D eigenvalue weighted by atomic mass is 15.1. The number of hydrogen-bond donors (Lipinski definition) is 0. The predicted molar refractivity (Wildman–Crippen MR) is 281 cm³/mol. The molecule has 13 rings (SSSR count). The summed E-state index contributed by atoms with van der Waals surface area (Å²) in [5.41, 5.74) is 16.1. The second kappa shape index (κ2) is 16.4. The molecular weight excluding hydrogens is 827 g/mol. The first-order chi connectivity index (χ1) is 33.7. The Hall–Kier alpha value is -9.19. The maximum absolute atomic E-state index is 5.34. The van der Waals surface area contributed by atoms with Gasteiger partial charge in [0, 0.05) is 43.8 Å². The van der Waals surface area contributed by atoms with Crippen molar-refractivity contribution in [3.63, 3.8) is 0 Å². The summed E-state index contributed by atoms with van der Waals surface area (Å²) >= 11 is 0. The Morgan fingerprint density at radius 3 is 1.35 bits per heavy atom. The summed E-state index contributed by atoms with van der Waals surface area (Å²) < 4.78 is 4.88. The highest BCUT2D eigenvalue weighted by Crippen LogP contribution is 2.43. The summed E-state index contributed by atoms with van der Waals surface area (Å²) in [6.45, 7) is 0. The summed E-state index contributed by atoms with van der Waals surface area (Å²) in [4.78, 5) is 15.8. The molecule has 0 amide bonds. The van der Waals surface area contributed by atoms with Crippen LogP contribution >= 0.6 is 0 Å². The molecule has 0 aliphatic heterocycles. The van der Waals surface area contributed by atoms with Gasteiger partial charge in [-0.3, -0.25) is 0 Å². The standard InChI is InChI=1S/C63H41N5/c1-5-20-42(21-6-1)46-28-19-29-48(38-46)62-64-61(45-26-11-4-12-27-45)65-63(66-62)52-32-15-18-35-57(52)67-56-34-17-14-31-50(56)54-40-53(44-24-9-3-10-25-44)59(41-60(54)67)68-55-33-16-13-30-49(55)51-37-36-47(39-58(51)68)43-22-7-2-8-23-43/h1-41H. The van der Waals surface area contributed by atoms with E-state index in [2.05, 4.69) is 234 Å². The van der Waals surface area contributed by atoms with Gasteiger partial charge in [0.25, 0.3) is 0 Å². The lowest BCUT2D eigenvalue weighted by Gasteiger charge is -2.18. The number of hydrogen-bond acceptors (Lipinski definition) is 3. The molecule has 0 atom stereocenters. The van der Waals surface area contributed by atoms with Crippen molar-refractivity contribution >= 4 is 43.6 Å². The van der Waals surface area contributed by atoms with E-state index < -0.39 is 0 Å². The average molecular weight is 868 g/mol. The fraction of sp³-hybridized carbons (Fsp3) is 0. The van der Waals surface area contributed by atoms with Crippen LogP contribution in [-0.2, 0) is 0 Å². The molecule has 0 spiro atoms. The minimum absolute atomic E-state index is 0.595. The number of rotatable bonds is 8. The van der Waals surface area contributed by atoms with Crippen LogP contribution in [0.1, 0.15) is 0 Å². The van der Waals surface area contributed by atoms with E-state index >= 15 is 0 Å². The highest BCUT2D eigenvalue weighted by Gasteiger charge is 2.23. The number of nitrogens with zero attached hydrogens (tertiary/aromatic N) is 5. The van der Waals surface area contributed by atoms with Crippen LogP contribution in [-0.4, -0.2) is 24.1 Å². The van der Waals surface area contributed by atoms with E-state index in [1.54, 1.807) is 0 Å². The van der Waals surface area contributed by atoms with Crippen LogP contribution in [0.3, 0.4) is 0 Å². The minimum Gasteiger partial charge on any atom is -0.309 e. The molecule has 0 aliphatic rings. The van der Waals surface area contributed by atoms with E-state index in [1.807, 2.05) is 24.3 Å². The Morgan fingerprint density at radius 2 is 0.676 bits per heavy atom. The number of benzene rings is 10. The molecule has 0 saturated heterocycles. The molecule has 5 nitrogen and oxygen atoms in total. The van der Waals surface area contributed by atoms with Gasteiger partial charge in [-0.2, -0.15) is 0 Å². The largest absolute Gasteiger partial charge is 0.309 e. The Balaban J connectivity index is 1.08. The molecule has 68 heavy (non-hydrogen) atoms. The van der Waals surface area contributed by atoms with E-state index in [0.717, 1.165) is 83.2 Å². The zero-order valence-corrected chi connectivity index (χ0v) is 36.9. The monoisotopic (exact) mass is 867 g/mol. The topological polar surface area (TPSA) is 48.5 Å². The SMILES string of the molecule is c1ccc(-c2cccc(-c3nc(-c4ccccc4)nc(-c4ccccc4-n4c5ccccc5c5cc(-c6ccccc6)c(-n6c7ccccc7c7ccc(-c8ccccc8)cc76)cc54)n3)c2)cc1. The van der Waals surface area contributed by atoms with E-state index in [0.29, 0.717) is 17.5 Å². The lowest BCUT2D eigenvalue weighted by Crippen LogP contribution is -2.04. The molecule has 0 bridgehead atoms. The van der Waals surface area contributed by atoms with E-state index in [9.17, 15) is 0 Å². The first kappa shape index (κ1) is 39.2. The summed E-state index contributed by atoms with van der Waals surface area (Å²) in [7, 11) is 0. The van der Waals surface area contributed by atoms with Gasteiger partial charge in [0.05, 0.1) is 33.4 Å². The van der Waals surface area contributed by atoms with Crippen molar-refractivity contribution in [3.8, 4) is 78.9 Å². The molecule has 0 fully saturated rings. The van der Waals surface area contributed by atoms with Gasteiger partial charge >= 0.3 is 0 Å². The van der Waals surface area contributed by atoms with Gasteiger partial charge in [0.1, 0.15) is 0 Å². The summed E-state index contributed by atoms with van der Waals surface area (Å²) in [6, 6.07) is 88.3. The van der Waals surface area contributed by atoms with E-state index in [4.69, 9.17) is 15.0 Å². The summed E-state index contributed by atoms with van der Waals surface area (Å²) in [6.07, 6.45) is 0. The third-order valence-electron chi connectivity index (χ3n) is 13.2. The molecule has 0 radical (unpaired) electrons. The van der Waals surface area contributed by atoms with Crippen LogP contribution in [0, 0.1) is 0 Å². The molecule has 3 heterocycles. The Labute approximate surface area is 393 Å². The molecule has 13 aromatic rings. The van der Waals surface area contributed by atoms with Crippen LogP contribution in [0.25, 0.3) is 123 Å². The quantitative estimate of drug-likeness (QED) is 0.153. The highest BCUT2D eigenvalue weighted by molar-refractivity contribution is 6.14. The van der Waals surface area contributed by atoms with Gasteiger partial charge in [-0.15, -0.1) is 0 Å². The fourth-order valence-electron chi connectivity index (χ4n) is 10.0. The van der Waals surface area contributed by atoms with Gasteiger partial charge in [-0.25, -0.2) is 15.0 Å². The van der Waals surface area contributed by atoms with Crippen LogP contribution < -0.4 is 0 Å². The second-order valence-electron chi connectivity index (χ2n) is 17.2. The third-order valence-corrected chi connectivity index (χ3v) is 13.2. The maximum Gasteiger partial charge on any atom is 0.166 e. The van der Waals surface area contributed by atoms with Crippen LogP contribution in [0.15, 0.2) is 249 Å². The zero-order valence-electron chi connectivity index (χ0n) is 36.9. The molecule has 3 aromatic heterocycles. The van der Waals surface area contributed by atoms with Crippen molar-refractivity contribution < 1.29 is 0 Å². The van der Waals surface area contributed by atoms with Gasteiger partial charge in [0.15, 0.2) is 17.5 Å². The number of fused-ring (bicyclic) bond motifs is 6. The van der Waals surface area contributed by atoms with Crippen molar-refractivity contribution in [2.24, 2.45) is 0 Å². The maximum atomic E-state index is 5.34. The van der Waals surface area contributed by atoms with Crippen molar-refractivity contribution in [2.75, 3.05) is 0 Å². The van der Waals surface area contributed by atoms with E-state index in [-0.39, 0.29) is 0 Å².